The van der Waals surface area contributed by atoms with Crippen molar-refractivity contribution >= 4 is 181 Å². The van der Waals surface area contributed by atoms with Crippen molar-refractivity contribution in [2.24, 2.45) is 0 Å². The Morgan fingerprint density at radius 2 is 0.458 bits per heavy atom. The number of para-hydroxylation sites is 4. The van der Waals surface area contributed by atoms with E-state index in [1.807, 2.05) is 36.4 Å². The normalized spacial score (nSPS) is 11.4. The van der Waals surface area contributed by atoms with E-state index in [9.17, 15) is 0 Å². The van der Waals surface area contributed by atoms with Crippen LogP contribution in [0.3, 0.4) is 0 Å². The Hall–Kier alpha value is -18.3. The zero-order valence-corrected chi connectivity index (χ0v) is 78.8. The van der Waals surface area contributed by atoms with Gasteiger partial charge in [0.1, 0.15) is 15.5 Å². The number of nitrogens with zero attached hydrogens (tertiary/aromatic N) is 6. The summed E-state index contributed by atoms with van der Waals surface area (Å²) in [6.07, 6.45) is 0. The molecule has 0 aliphatic carbocycles. The number of anilines is 9. The molecule has 3 heterocycles. The number of benzene rings is 24. The smallest absolute Gasteiger partial charge is 0.227 e. The van der Waals surface area contributed by atoms with Gasteiger partial charge in [-0.1, -0.05) is 334 Å². The monoisotopic (exact) mass is 1850 g/mol. The summed E-state index contributed by atoms with van der Waals surface area (Å²) < 4.78 is 8.48. The number of rotatable bonds is 17. The molecule has 27 aromatic rings. The van der Waals surface area contributed by atoms with Gasteiger partial charge < -0.3 is 19.1 Å². The minimum absolute atomic E-state index is 0.619. The Labute approximate surface area is 830 Å². The molecule has 0 spiro atoms. The average Bonchev–Trinajstić information content (AvgIpc) is 0.863. The first-order valence-corrected chi connectivity index (χ1v) is 49.6. The van der Waals surface area contributed by atoms with Crippen LogP contribution in [0.5, 0.6) is 0 Å². The second-order valence-electron chi connectivity index (χ2n) is 35.8. The van der Waals surface area contributed by atoms with Gasteiger partial charge in [0.25, 0.3) is 0 Å². The quantitative estimate of drug-likeness (QED) is 0.0842. The highest BCUT2D eigenvalue weighted by molar-refractivity contribution is 7.22. The molecule has 142 heavy (non-hydrogen) atoms. The second-order valence-corrected chi connectivity index (χ2v) is 37.8. The summed E-state index contributed by atoms with van der Waals surface area (Å²) in [6, 6.07) is 191. The van der Waals surface area contributed by atoms with E-state index in [-0.39, 0.29) is 0 Å². The number of aromatic nitrogens is 3. The number of hydrogen-bond acceptors (Lipinski definition) is 9. The van der Waals surface area contributed by atoms with E-state index in [4.69, 9.17) is 19.4 Å². The van der Waals surface area contributed by atoms with Crippen LogP contribution in [0.15, 0.2) is 538 Å². The third kappa shape index (κ3) is 17.1. The van der Waals surface area contributed by atoms with Gasteiger partial charge in [0.15, 0.2) is 5.58 Å². The summed E-state index contributed by atoms with van der Waals surface area (Å²) in [5, 5.41) is 19.5. The number of hydrogen-bond donors (Lipinski definition) is 0. The lowest BCUT2D eigenvalue weighted by Gasteiger charge is -2.28. The predicted octanol–water partition coefficient (Wildman–Crippen LogP) is 38.2. The minimum atomic E-state index is 0.619. The van der Waals surface area contributed by atoms with Crippen LogP contribution < -0.4 is 14.7 Å². The molecule has 0 radical (unpaired) electrons. The molecule has 0 bridgehead atoms. The highest BCUT2D eigenvalue weighted by Crippen LogP contribution is 2.47. The first-order valence-electron chi connectivity index (χ1n) is 47.9. The molecular weight excluding hydrogens is 1760 g/mol. The Kier molecular flexibility index (Phi) is 22.7. The van der Waals surface area contributed by atoms with Crippen molar-refractivity contribution in [1.82, 2.24) is 15.0 Å². The van der Waals surface area contributed by atoms with Crippen molar-refractivity contribution in [3.8, 4) is 88.2 Å². The van der Waals surface area contributed by atoms with Gasteiger partial charge in [-0.05, 0) is 326 Å². The largest absolute Gasteiger partial charge is 0.436 e. The Balaban J connectivity index is 0.000000112. The summed E-state index contributed by atoms with van der Waals surface area (Å²) in [5.74, 6) is 0.619. The molecule has 0 aliphatic heterocycles. The van der Waals surface area contributed by atoms with E-state index in [1.54, 1.807) is 22.7 Å². The lowest BCUT2D eigenvalue weighted by molar-refractivity contribution is 0.620. The molecule has 24 aromatic carbocycles. The van der Waals surface area contributed by atoms with Crippen LogP contribution >= 0.6 is 22.7 Å². The van der Waals surface area contributed by atoms with E-state index in [2.05, 4.69) is 512 Å². The Bertz CT molecular complexity index is 9110. The summed E-state index contributed by atoms with van der Waals surface area (Å²) in [7, 11) is 0. The molecule has 27 rings (SSSR count). The van der Waals surface area contributed by atoms with E-state index in [1.165, 1.54) is 140 Å². The third-order valence-electron chi connectivity index (χ3n) is 27.0. The zero-order chi connectivity index (χ0) is 94.2. The first kappa shape index (κ1) is 85.4. The fourth-order valence-corrected chi connectivity index (χ4v) is 21.7. The zero-order valence-electron chi connectivity index (χ0n) is 77.2. The van der Waals surface area contributed by atoms with Gasteiger partial charge in [-0.25, -0.2) is 15.0 Å². The SMILES string of the molecule is c1ccc2cc(-c3ccc(N(c4ccc(-c5ccc6ccccc6c5)cc4)c4ccc(-c5nc6ccccc6s5)cc4)cc3)ccc2c1.c1ccc2cc(-c3ccc(N(c4ccc(-c5nc6ccccc6o5)cc4)c4ccc(-c5cccc6ccccc56)cc4)cc3)ccc2c1.c1ccc2cc(-c3ccc(N(c4ccc(-c5nc6ccccc6s5)cc4)c4cc5ccccc5c5ccccc45)cc3)ccc2c1. The molecule has 0 amide bonds. The molecule has 7 nitrogen and oxygen atoms in total. The molecule has 0 fully saturated rings. The number of oxazole rings is 1. The van der Waals surface area contributed by atoms with Gasteiger partial charge >= 0.3 is 0 Å². The van der Waals surface area contributed by atoms with Crippen LogP contribution in [0, 0.1) is 0 Å². The van der Waals surface area contributed by atoms with Crippen molar-refractivity contribution in [2.45, 2.75) is 0 Å². The van der Waals surface area contributed by atoms with Crippen LogP contribution in [0.1, 0.15) is 0 Å². The molecule has 0 N–H and O–H groups in total. The fourth-order valence-electron chi connectivity index (χ4n) is 19.7. The molecule has 668 valence electrons. The molecular formula is C133H88N6OS2. The van der Waals surface area contributed by atoms with E-state index in [0.717, 1.165) is 100 Å². The average molecular weight is 1850 g/mol. The second kappa shape index (κ2) is 37.7. The van der Waals surface area contributed by atoms with E-state index in [0.29, 0.717) is 5.89 Å². The highest BCUT2D eigenvalue weighted by Gasteiger charge is 2.23. The van der Waals surface area contributed by atoms with Gasteiger partial charge in [-0.2, -0.15) is 0 Å². The number of fused-ring (bicyclic) bond motifs is 11. The molecule has 0 aliphatic rings. The van der Waals surface area contributed by atoms with Crippen molar-refractivity contribution in [3.63, 3.8) is 0 Å². The van der Waals surface area contributed by atoms with Gasteiger partial charge in [-0.15, -0.1) is 22.7 Å². The minimum Gasteiger partial charge on any atom is -0.436 e. The maximum Gasteiger partial charge on any atom is 0.227 e. The summed E-state index contributed by atoms with van der Waals surface area (Å²) in [4.78, 5) is 21.5. The van der Waals surface area contributed by atoms with Crippen LogP contribution in [0.4, 0.5) is 51.2 Å². The lowest BCUT2D eigenvalue weighted by atomic mass is 9.98. The predicted molar refractivity (Wildman–Crippen MR) is 603 cm³/mol. The van der Waals surface area contributed by atoms with Crippen molar-refractivity contribution in [1.29, 1.82) is 0 Å². The van der Waals surface area contributed by atoms with Crippen LogP contribution in [0.25, 0.3) is 195 Å². The molecule has 9 heteroatoms. The number of thiazole rings is 2. The maximum atomic E-state index is 6.07. The van der Waals surface area contributed by atoms with Crippen LogP contribution in [-0.4, -0.2) is 15.0 Å². The molecule has 0 saturated heterocycles. The van der Waals surface area contributed by atoms with Crippen molar-refractivity contribution < 1.29 is 4.42 Å². The third-order valence-corrected chi connectivity index (χ3v) is 29.2. The molecule has 3 aromatic heterocycles. The lowest BCUT2D eigenvalue weighted by Crippen LogP contribution is -2.10. The van der Waals surface area contributed by atoms with Crippen LogP contribution in [0.2, 0.25) is 0 Å². The molecule has 0 unspecified atom stereocenters. The fraction of sp³-hybridized carbons (Fsp3) is 0. The van der Waals surface area contributed by atoms with Crippen molar-refractivity contribution in [3.05, 3.63) is 534 Å². The topological polar surface area (TPSA) is 61.5 Å². The summed E-state index contributed by atoms with van der Waals surface area (Å²) in [6.45, 7) is 0. The van der Waals surface area contributed by atoms with E-state index < -0.39 is 0 Å². The van der Waals surface area contributed by atoms with Crippen molar-refractivity contribution in [2.75, 3.05) is 14.7 Å². The first-order chi connectivity index (χ1) is 70.3. The molecule has 0 atom stereocenters. The van der Waals surface area contributed by atoms with Gasteiger partial charge in [0.05, 0.1) is 26.1 Å². The highest BCUT2D eigenvalue weighted by atomic mass is 32.1. The summed E-state index contributed by atoms with van der Waals surface area (Å²) >= 11 is 3.47. The summed E-state index contributed by atoms with van der Waals surface area (Å²) in [5.41, 5.74) is 28.8. The van der Waals surface area contributed by atoms with E-state index >= 15 is 0 Å². The molecule has 0 saturated carbocycles. The van der Waals surface area contributed by atoms with Gasteiger partial charge in [0.2, 0.25) is 5.89 Å². The Morgan fingerprint density at radius 3 is 0.852 bits per heavy atom. The standard InChI is InChI=1S/C45H30N2O.C45H30N2S.C43H28N2S/c1-2-10-36-30-37(17-16-31(36)8-1)32-18-24-38(25-19-32)47(40-28-22-35(23-29-40)45-46-43-14-5-6-15-44(43)48-45)39-26-20-34(21-27-39)42-13-7-11-33-9-3-4-12-41(33)42;1-3-9-36-29-38(15-13-31(36)7-1)33-17-23-40(24-18-33)47(42-27-21-35(22-28-42)45-46-43-11-5-6-12-44(43)48-45)41-25-19-34(20-26-41)39-16-14-32-8-2-4-10-37(32)30-39;1-2-10-32-27-33(18-17-29(32)9-1)30-19-23-35(24-20-30)45(41-28-34-11-3-4-12-37(34)38-13-5-6-14-39(38)41)36-25-21-31(22-26-36)43-44-40-15-7-8-16-42(40)46-43/h2*1-30H;1-28H. The Morgan fingerprint density at radius 1 is 0.169 bits per heavy atom. The van der Waals surface area contributed by atoms with Gasteiger partial charge in [0, 0.05) is 67.6 Å². The maximum absolute atomic E-state index is 6.07. The van der Waals surface area contributed by atoms with Crippen LogP contribution in [-0.2, 0) is 0 Å². The van der Waals surface area contributed by atoms with Gasteiger partial charge in [-0.3, -0.25) is 0 Å².